The lowest BCUT2D eigenvalue weighted by Gasteiger charge is -2.26. The average Bonchev–Trinajstić information content (AvgIpc) is 2.62. The van der Waals surface area contributed by atoms with Gasteiger partial charge in [-0.2, -0.15) is 0 Å². The van der Waals surface area contributed by atoms with Crippen LogP contribution >= 0.6 is 0 Å². The van der Waals surface area contributed by atoms with Crippen molar-refractivity contribution in [2.75, 3.05) is 6.61 Å². The highest BCUT2D eigenvalue weighted by atomic mass is 16.3. The average molecular weight is 170 g/mol. The van der Waals surface area contributed by atoms with Crippen LogP contribution in [-0.2, 0) is 0 Å². The van der Waals surface area contributed by atoms with Crippen molar-refractivity contribution in [3.05, 3.63) is 0 Å². The molecule has 2 bridgehead atoms. The summed E-state index contributed by atoms with van der Waals surface area (Å²) in [5, 5.41) is 18.5. The van der Waals surface area contributed by atoms with Gasteiger partial charge in [0.15, 0.2) is 0 Å². The van der Waals surface area contributed by atoms with Crippen LogP contribution in [0.5, 0.6) is 0 Å². The molecular weight excluding hydrogens is 152 g/mol. The van der Waals surface area contributed by atoms with E-state index in [-0.39, 0.29) is 12.7 Å². The van der Waals surface area contributed by atoms with E-state index in [1.165, 1.54) is 19.3 Å². The fraction of sp³-hybridized carbons (Fsp3) is 1.00. The maximum Gasteiger partial charge on any atom is 0.0599 e. The zero-order valence-electron chi connectivity index (χ0n) is 7.45. The second-order valence-electron chi connectivity index (χ2n) is 4.35. The second-order valence-corrected chi connectivity index (χ2v) is 4.35. The third-order valence-electron chi connectivity index (χ3n) is 3.74. The quantitative estimate of drug-likeness (QED) is 0.667. The molecule has 0 aromatic rings. The minimum absolute atomic E-state index is 0.0460. The van der Waals surface area contributed by atoms with Gasteiger partial charge in [-0.25, -0.2) is 0 Å². The zero-order valence-corrected chi connectivity index (χ0v) is 7.45. The molecule has 0 aromatic heterocycles. The Morgan fingerprint density at radius 2 is 1.92 bits per heavy atom. The van der Waals surface area contributed by atoms with Gasteiger partial charge in [-0.1, -0.05) is 0 Å². The van der Waals surface area contributed by atoms with Crippen molar-refractivity contribution < 1.29 is 10.2 Å². The molecule has 70 valence electrons. The van der Waals surface area contributed by atoms with Crippen molar-refractivity contribution in [1.29, 1.82) is 0 Å². The molecule has 2 nitrogen and oxygen atoms in total. The Kier molecular flexibility index (Phi) is 2.37. The minimum Gasteiger partial charge on any atom is -0.396 e. The summed E-state index contributed by atoms with van der Waals surface area (Å²) in [5.41, 5.74) is 0. The highest BCUT2D eigenvalue weighted by Crippen LogP contribution is 2.49. The van der Waals surface area contributed by atoms with Crippen LogP contribution in [0, 0.1) is 17.8 Å². The second kappa shape index (κ2) is 3.35. The summed E-state index contributed by atoms with van der Waals surface area (Å²) in [6.07, 6.45) is 5.65. The lowest BCUT2D eigenvalue weighted by molar-refractivity contribution is 0.0513. The largest absolute Gasteiger partial charge is 0.396 e. The molecule has 12 heavy (non-hydrogen) atoms. The van der Waals surface area contributed by atoms with Crippen LogP contribution in [0.2, 0.25) is 0 Å². The number of rotatable bonds is 3. The molecule has 2 saturated carbocycles. The van der Waals surface area contributed by atoms with Crippen molar-refractivity contribution in [3.8, 4) is 0 Å². The molecule has 0 aliphatic heterocycles. The molecule has 0 amide bonds. The first-order chi connectivity index (χ1) is 5.83. The van der Waals surface area contributed by atoms with Crippen molar-refractivity contribution in [3.63, 3.8) is 0 Å². The SMILES string of the molecule is OCCC[C@H]1[C@@H]2CC[C@@H](C2)[C@H]1O. The molecule has 2 N–H and O–H groups in total. The summed E-state index contributed by atoms with van der Waals surface area (Å²) in [4.78, 5) is 0. The van der Waals surface area contributed by atoms with E-state index in [1.807, 2.05) is 0 Å². The molecule has 2 heteroatoms. The van der Waals surface area contributed by atoms with E-state index in [9.17, 15) is 5.11 Å². The molecule has 2 aliphatic carbocycles. The third kappa shape index (κ3) is 1.27. The van der Waals surface area contributed by atoms with Crippen LogP contribution < -0.4 is 0 Å². The van der Waals surface area contributed by atoms with E-state index < -0.39 is 0 Å². The molecule has 2 aliphatic rings. The predicted molar refractivity (Wildman–Crippen MR) is 46.6 cm³/mol. The van der Waals surface area contributed by atoms with Gasteiger partial charge in [0.2, 0.25) is 0 Å². The summed E-state index contributed by atoms with van der Waals surface area (Å²) in [7, 11) is 0. The van der Waals surface area contributed by atoms with E-state index in [2.05, 4.69) is 0 Å². The molecule has 4 atom stereocenters. The van der Waals surface area contributed by atoms with Crippen LogP contribution in [0.15, 0.2) is 0 Å². The topological polar surface area (TPSA) is 40.5 Å². The number of fused-ring (bicyclic) bond motifs is 2. The van der Waals surface area contributed by atoms with Crippen LogP contribution in [0.1, 0.15) is 32.1 Å². The Labute approximate surface area is 73.6 Å². The van der Waals surface area contributed by atoms with Gasteiger partial charge in [0.1, 0.15) is 0 Å². The zero-order chi connectivity index (χ0) is 8.55. The van der Waals surface area contributed by atoms with Crippen LogP contribution in [0.25, 0.3) is 0 Å². The van der Waals surface area contributed by atoms with Crippen molar-refractivity contribution >= 4 is 0 Å². The lowest BCUT2D eigenvalue weighted by atomic mass is 9.83. The molecule has 2 rings (SSSR count). The Balaban J connectivity index is 1.89. The molecule has 0 heterocycles. The molecule has 0 unspecified atom stereocenters. The Hall–Kier alpha value is -0.0800. The monoisotopic (exact) mass is 170 g/mol. The van der Waals surface area contributed by atoms with Crippen LogP contribution in [0.4, 0.5) is 0 Å². The van der Waals surface area contributed by atoms with E-state index >= 15 is 0 Å². The molecular formula is C10H18O2. The van der Waals surface area contributed by atoms with E-state index in [1.54, 1.807) is 0 Å². The van der Waals surface area contributed by atoms with Crippen molar-refractivity contribution in [2.45, 2.75) is 38.2 Å². The van der Waals surface area contributed by atoms with E-state index in [4.69, 9.17) is 5.11 Å². The minimum atomic E-state index is -0.0460. The number of hydrogen-bond donors (Lipinski definition) is 2. The van der Waals surface area contributed by atoms with Gasteiger partial charge >= 0.3 is 0 Å². The lowest BCUT2D eigenvalue weighted by Crippen LogP contribution is -2.27. The fourth-order valence-electron chi connectivity index (χ4n) is 3.11. The van der Waals surface area contributed by atoms with Gasteiger partial charge < -0.3 is 10.2 Å². The number of aliphatic hydroxyl groups is 2. The Morgan fingerprint density at radius 1 is 1.17 bits per heavy atom. The highest BCUT2D eigenvalue weighted by Gasteiger charge is 2.45. The smallest absolute Gasteiger partial charge is 0.0599 e. The summed E-state index contributed by atoms with van der Waals surface area (Å²) in [6.45, 7) is 0.278. The van der Waals surface area contributed by atoms with Gasteiger partial charge in [0.05, 0.1) is 6.10 Å². The first-order valence-corrected chi connectivity index (χ1v) is 5.12. The van der Waals surface area contributed by atoms with Crippen molar-refractivity contribution in [2.24, 2.45) is 17.8 Å². The van der Waals surface area contributed by atoms with Gasteiger partial charge in [-0.15, -0.1) is 0 Å². The van der Waals surface area contributed by atoms with Gasteiger partial charge in [0.25, 0.3) is 0 Å². The third-order valence-corrected chi connectivity index (χ3v) is 3.74. The summed E-state index contributed by atoms with van der Waals surface area (Å²) >= 11 is 0. The van der Waals surface area contributed by atoms with E-state index in [0.717, 1.165) is 18.8 Å². The molecule has 0 saturated heterocycles. The summed E-state index contributed by atoms with van der Waals surface area (Å²) < 4.78 is 0. The standard InChI is InChI=1S/C10H18O2/c11-5-1-2-9-7-3-4-8(6-7)10(9)12/h7-12H,1-6H2/t7-,8+,9+,10-/m1/s1. The summed E-state index contributed by atoms with van der Waals surface area (Å²) in [6, 6.07) is 0. The first-order valence-electron chi connectivity index (χ1n) is 5.12. The van der Waals surface area contributed by atoms with Gasteiger partial charge in [-0.3, -0.25) is 0 Å². The maximum atomic E-state index is 9.82. The van der Waals surface area contributed by atoms with Gasteiger partial charge in [0, 0.05) is 6.61 Å². The Morgan fingerprint density at radius 3 is 2.50 bits per heavy atom. The van der Waals surface area contributed by atoms with Gasteiger partial charge in [-0.05, 0) is 49.9 Å². The first kappa shape index (κ1) is 8.52. The molecule has 0 spiro atoms. The summed E-state index contributed by atoms with van der Waals surface area (Å²) in [5.74, 6) is 1.88. The highest BCUT2D eigenvalue weighted by molar-refractivity contribution is 4.96. The van der Waals surface area contributed by atoms with Crippen molar-refractivity contribution in [1.82, 2.24) is 0 Å². The normalized spacial score (nSPS) is 45.5. The maximum absolute atomic E-state index is 9.82. The van der Waals surface area contributed by atoms with E-state index in [0.29, 0.717) is 11.8 Å². The molecule has 0 radical (unpaired) electrons. The number of aliphatic hydroxyl groups excluding tert-OH is 2. The van der Waals surface area contributed by atoms with Crippen LogP contribution in [-0.4, -0.2) is 22.9 Å². The molecule has 2 fully saturated rings. The molecule has 0 aromatic carbocycles. The fourth-order valence-corrected chi connectivity index (χ4v) is 3.11. The Bertz CT molecular complexity index is 156. The number of hydrogen-bond acceptors (Lipinski definition) is 2. The predicted octanol–water partition coefficient (Wildman–Crippen LogP) is 1.17. The van der Waals surface area contributed by atoms with Crippen LogP contribution in [0.3, 0.4) is 0 Å².